The van der Waals surface area contributed by atoms with E-state index in [2.05, 4.69) is 15.4 Å². The molecular weight excluding hydrogens is 270 g/mol. The van der Waals surface area contributed by atoms with E-state index in [1.807, 2.05) is 4.90 Å². The quantitative estimate of drug-likeness (QED) is 0.830. The van der Waals surface area contributed by atoms with Gasteiger partial charge in [-0.3, -0.25) is 4.79 Å². The van der Waals surface area contributed by atoms with Gasteiger partial charge in [0.05, 0.1) is 18.4 Å². The molecule has 2 aliphatic rings. The minimum Gasteiger partial charge on any atom is -0.360 e. The maximum absolute atomic E-state index is 12.6. The van der Waals surface area contributed by atoms with Crippen LogP contribution in [0.5, 0.6) is 0 Å². The van der Waals surface area contributed by atoms with E-state index in [0.717, 1.165) is 43.4 Å². The normalized spacial score (nSPS) is 21.5. The predicted octanol–water partition coefficient (Wildman–Crippen LogP) is 1.23. The molecule has 4 rings (SSSR count). The first kappa shape index (κ1) is 12.6. The van der Waals surface area contributed by atoms with Crippen molar-refractivity contribution in [1.82, 2.24) is 25.1 Å². The number of amides is 1. The van der Waals surface area contributed by atoms with Crippen molar-refractivity contribution >= 4 is 5.91 Å². The summed E-state index contributed by atoms with van der Waals surface area (Å²) in [5.74, 6) is 0.880. The van der Waals surface area contributed by atoms with Gasteiger partial charge in [-0.1, -0.05) is 5.16 Å². The highest BCUT2D eigenvalue weighted by molar-refractivity contribution is 5.94. The fraction of sp³-hybridized carbons (Fsp3) is 0.571. The summed E-state index contributed by atoms with van der Waals surface area (Å²) in [5.41, 5.74) is 1.53. The van der Waals surface area contributed by atoms with Gasteiger partial charge in [0.25, 0.3) is 5.91 Å². The van der Waals surface area contributed by atoms with Gasteiger partial charge in [0, 0.05) is 25.1 Å². The molecule has 1 unspecified atom stereocenters. The summed E-state index contributed by atoms with van der Waals surface area (Å²) in [4.78, 5) is 16.2. The van der Waals surface area contributed by atoms with Crippen LogP contribution in [0, 0.1) is 0 Å². The summed E-state index contributed by atoms with van der Waals surface area (Å²) >= 11 is 0. The van der Waals surface area contributed by atoms with Crippen LogP contribution in [-0.2, 0) is 12.8 Å². The summed E-state index contributed by atoms with van der Waals surface area (Å²) < 4.78 is 5.34. The van der Waals surface area contributed by atoms with Crippen molar-refractivity contribution in [1.29, 1.82) is 0 Å². The number of hydrogen-bond donors (Lipinski definition) is 0. The van der Waals surface area contributed by atoms with Crippen molar-refractivity contribution in [2.45, 2.75) is 38.1 Å². The lowest BCUT2D eigenvalue weighted by atomic mass is 9.96. The Kier molecular flexibility index (Phi) is 2.98. The number of carbonyl (C=O) groups is 1. The minimum atomic E-state index is -0.0171. The Morgan fingerprint density at radius 2 is 2.05 bits per heavy atom. The third-order valence-corrected chi connectivity index (χ3v) is 4.37. The molecule has 1 amide bonds. The number of fused-ring (bicyclic) bond motifs is 1. The first-order valence-electron chi connectivity index (χ1n) is 7.45. The Morgan fingerprint density at radius 1 is 1.24 bits per heavy atom. The lowest BCUT2D eigenvalue weighted by molar-refractivity contribution is 0.0775. The molecule has 0 bridgehead atoms. The molecule has 1 saturated heterocycles. The number of nitrogens with zero attached hydrogens (tertiary/aromatic N) is 5. The van der Waals surface area contributed by atoms with Crippen LogP contribution >= 0.6 is 0 Å². The molecule has 0 aromatic carbocycles. The smallest absolute Gasteiger partial charge is 0.276 e. The zero-order valence-electron chi connectivity index (χ0n) is 11.7. The highest BCUT2D eigenvalue weighted by Crippen LogP contribution is 2.27. The van der Waals surface area contributed by atoms with E-state index in [-0.39, 0.29) is 11.9 Å². The van der Waals surface area contributed by atoms with Crippen LogP contribution < -0.4 is 0 Å². The van der Waals surface area contributed by atoms with Crippen LogP contribution in [0.3, 0.4) is 0 Å². The topological polar surface area (TPSA) is 77.0 Å². The van der Waals surface area contributed by atoms with E-state index in [0.29, 0.717) is 18.8 Å². The zero-order valence-corrected chi connectivity index (χ0v) is 11.7. The SMILES string of the molecule is O=C(c1noc2c1CCCC2)N1CCC(n2nccn2)C1. The van der Waals surface area contributed by atoms with Crippen molar-refractivity contribution in [3.8, 4) is 0 Å². The van der Waals surface area contributed by atoms with Crippen molar-refractivity contribution in [2.75, 3.05) is 13.1 Å². The summed E-state index contributed by atoms with van der Waals surface area (Å²) in [6.07, 6.45) is 8.23. The van der Waals surface area contributed by atoms with Gasteiger partial charge in [0.2, 0.25) is 0 Å². The maximum Gasteiger partial charge on any atom is 0.276 e. The van der Waals surface area contributed by atoms with E-state index in [1.54, 1.807) is 17.2 Å². The van der Waals surface area contributed by atoms with Gasteiger partial charge in [0.1, 0.15) is 5.76 Å². The van der Waals surface area contributed by atoms with Crippen LogP contribution in [-0.4, -0.2) is 44.0 Å². The number of aryl methyl sites for hydroxylation is 1. The maximum atomic E-state index is 12.6. The lowest BCUT2D eigenvalue weighted by Crippen LogP contribution is -2.30. The van der Waals surface area contributed by atoms with Crippen LogP contribution in [0.1, 0.15) is 47.1 Å². The molecule has 1 fully saturated rings. The minimum absolute atomic E-state index is 0.0171. The second-order valence-electron chi connectivity index (χ2n) is 5.68. The Labute approximate surface area is 121 Å². The predicted molar refractivity (Wildman–Crippen MR) is 72.7 cm³/mol. The number of hydrogen-bond acceptors (Lipinski definition) is 5. The molecule has 3 heterocycles. The van der Waals surface area contributed by atoms with Gasteiger partial charge in [-0.25, -0.2) is 0 Å². The highest BCUT2D eigenvalue weighted by atomic mass is 16.5. The monoisotopic (exact) mass is 287 g/mol. The molecule has 2 aromatic heterocycles. The largest absolute Gasteiger partial charge is 0.360 e. The molecule has 0 saturated carbocycles. The fourth-order valence-electron chi connectivity index (χ4n) is 3.23. The van der Waals surface area contributed by atoms with Crippen molar-refractivity contribution in [2.24, 2.45) is 0 Å². The van der Waals surface area contributed by atoms with Crippen molar-refractivity contribution in [3.63, 3.8) is 0 Å². The molecule has 7 nitrogen and oxygen atoms in total. The van der Waals surface area contributed by atoms with Gasteiger partial charge < -0.3 is 9.42 Å². The van der Waals surface area contributed by atoms with Gasteiger partial charge in [-0.15, -0.1) is 0 Å². The number of rotatable bonds is 2. The average molecular weight is 287 g/mol. The van der Waals surface area contributed by atoms with Crippen LogP contribution in [0.2, 0.25) is 0 Å². The molecular formula is C14H17N5O2. The molecule has 21 heavy (non-hydrogen) atoms. The average Bonchev–Trinajstić information content (AvgIpc) is 3.25. The third-order valence-electron chi connectivity index (χ3n) is 4.37. The fourth-order valence-corrected chi connectivity index (χ4v) is 3.23. The molecule has 0 radical (unpaired) electrons. The van der Waals surface area contributed by atoms with Gasteiger partial charge in [0.15, 0.2) is 5.69 Å². The number of aromatic nitrogens is 4. The highest BCUT2D eigenvalue weighted by Gasteiger charge is 2.33. The zero-order chi connectivity index (χ0) is 14.2. The van der Waals surface area contributed by atoms with E-state index >= 15 is 0 Å². The van der Waals surface area contributed by atoms with Crippen LogP contribution in [0.25, 0.3) is 0 Å². The Bertz CT molecular complexity index is 648. The first-order valence-corrected chi connectivity index (χ1v) is 7.45. The second-order valence-corrected chi connectivity index (χ2v) is 5.68. The van der Waals surface area contributed by atoms with Crippen LogP contribution in [0.4, 0.5) is 0 Å². The van der Waals surface area contributed by atoms with Gasteiger partial charge >= 0.3 is 0 Å². The van der Waals surface area contributed by atoms with E-state index in [1.165, 1.54) is 0 Å². The summed E-state index contributed by atoms with van der Waals surface area (Å²) in [6.45, 7) is 1.35. The Balaban J connectivity index is 1.52. The molecule has 1 aliphatic heterocycles. The van der Waals surface area contributed by atoms with Crippen molar-refractivity contribution < 1.29 is 9.32 Å². The van der Waals surface area contributed by atoms with E-state index in [9.17, 15) is 4.79 Å². The standard InChI is InChI=1S/C14H17N5O2/c20-14(13-11-3-1-2-4-12(11)21-17-13)18-8-5-10(9-18)19-15-6-7-16-19/h6-7,10H,1-5,8-9H2. The second kappa shape index (κ2) is 4.98. The molecule has 2 aromatic rings. The third kappa shape index (κ3) is 2.12. The molecule has 7 heteroatoms. The molecule has 0 spiro atoms. The van der Waals surface area contributed by atoms with E-state index in [4.69, 9.17) is 4.52 Å². The summed E-state index contributed by atoms with van der Waals surface area (Å²) in [6, 6.07) is 0.159. The van der Waals surface area contributed by atoms with E-state index < -0.39 is 0 Å². The lowest BCUT2D eigenvalue weighted by Gasteiger charge is -2.16. The summed E-state index contributed by atoms with van der Waals surface area (Å²) in [5, 5.41) is 12.3. The number of likely N-dealkylation sites (tertiary alicyclic amines) is 1. The van der Waals surface area contributed by atoms with Crippen LogP contribution in [0.15, 0.2) is 16.9 Å². The molecule has 1 atom stereocenters. The number of carbonyl (C=O) groups excluding carboxylic acids is 1. The molecule has 1 aliphatic carbocycles. The molecule has 0 N–H and O–H groups in total. The van der Waals surface area contributed by atoms with Crippen molar-refractivity contribution in [3.05, 3.63) is 29.4 Å². The Hall–Kier alpha value is -2.18. The van der Waals surface area contributed by atoms with Gasteiger partial charge in [-0.2, -0.15) is 15.0 Å². The molecule has 110 valence electrons. The Morgan fingerprint density at radius 3 is 2.90 bits per heavy atom. The van der Waals surface area contributed by atoms with Gasteiger partial charge in [-0.05, 0) is 25.7 Å². The first-order chi connectivity index (χ1) is 10.3. The summed E-state index contributed by atoms with van der Waals surface area (Å²) in [7, 11) is 0.